The third-order valence-corrected chi connectivity index (χ3v) is 12.5. The molecular formula is C30H50O6Si. The van der Waals surface area contributed by atoms with E-state index in [1.807, 2.05) is 30.3 Å². The molecule has 0 bridgehead atoms. The van der Waals surface area contributed by atoms with Crippen molar-refractivity contribution in [3.63, 3.8) is 0 Å². The second kappa shape index (κ2) is 13.9. The number of carboxylic acid groups (broad SMARTS) is 1. The Hall–Kier alpha value is -1.67. The molecule has 0 saturated carbocycles. The first kappa shape index (κ1) is 31.5. The molecule has 1 heterocycles. The molecule has 1 aliphatic heterocycles. The number of benzene rings is 1. The van der Waals surface area contributed by atoms with Gasteiger partial charge in [0, 0.05) is 6.42 Å². The van der Waals surface area contributed by atoms with Crippen LogP contribution < -0.4 is 4.74 Å². The predicted octanol–water partition coefficient (Wildman–Crippen LogP) is 7.23. The molecule has 210 valence electrons. The highest BCUT2D eigenvalue weighted by Gasteiger charge is 2.42. The lowest BCUT2D eigenvalue weighted by atomic mass is 9.88. The Morgan fingerprint density at radius 1 is 1.19 bits per heavy atom. The SMILES string of the molecule is C=CCC1CC(OCc2ccc(OC)cc2)CC(C[C@H](O[Si](C)(C)C(C)(C)C)[C@H](C)C[C@@H](C)C(=O)O)O1. The van der Waals surface area contributed by atoms with Crippen LogP contribution >= 0.6 is 0 Å². The minimum absolute atomic E-state index is 0.0167. The van der Waals surface area contributed by atoms with Gasteiger partial charge in [-0.3, -0.25) is 4.79 Å². The molecule has 1 aromatic carbocycles. The standard InChI is InChI=1S/C30H50O6Si/c1-10-11-25-17-26(34-20-23-12-14-24(33-7)15-13-23)18-27(35-25)19-28(21(2)16-22(3)29(31)32)36-37(8,9)30(4,5)6/h10,12-15,21-22,25-28H,1,11,16-20H2,2-9H3,(H,31,32)/t21-,22-,25?,26?,27?,28+/m1/s1. The van der Waals surface area contributed by atoms with Gasteiger partial charge in [-0.15, -0.1) is 6.58 Å². The summed E-state index contributed by atoms with van der Waals surface area (Å²) in [6, 6.07) is 7.97. The summed E-state index contributed by atoms with van der Waals surface area (Å²) in [4.78, 5) is 11.6. The van der Waals surface area contributed by atoms with Crippen molar-refractivity contribution in [2.45, 2.75) is 116 Å². The Balaban J connectivity index is 2.16. The van der Waals surface area contributed by atoms with Crippen LogP contribution in [0.4, 0.5) is 0 Å². The fourth-order valence-corrected chi connectivity index (χ4v) is 6.09. The normalized spacial score (nSPS) is 23.2. The third kappa shape index (κ3) is 9.86. The molecule has 1 aromatic rings. The number of hydrogen-bond acceptors (Lipinski definition) is 5. The zero-order chi connectivity index (χ0) is 27.8. The highest BCUT2D eigenvalue weighted by Crippen LogP contribution is 2.40. The summed E-state index contributed by atoms with van der Waals surface area (Å²) in [5, 5.41) is 9.58. The van der Waals surface area contributed by atoms with Gasteiger partial charge in [0.25, 0.3) is 0 Å². The molecule has 1 aliphatic rings. The first-order chi connectivity index (χ1) is 17.3. The quantitative estimate of drug-likeness (QED) is 0.200. The van der Waals surface area contributed by atoms with Gasteiger partial charge >= 0.3 is 5.97 Å². The van der Waals surface area contributed by atoms with Gasteiger partial charge in [0.2, 0.25) is 0 Å². The first-order valence-corrected chi connectivity index (χ1v) is 16.6. The lowest BCUT2D eigenvalue weighted by Crippen LogP contribution is -2.48. The van der Waals surface area contributed by atoms with Crippen molar-refractivity contribution in [3.05, 3.63) is 42.5 Å². The predicted molar refractivity (Wildman–Crippen MR) is 152 cm³/mol. The largest absolute Gasteiger partial charge is 0.497 e. The molecule has 1 fully saturated rings. The molecule has 7 heteroatoms. The van der Waals surface area contributed by atoms with Crippen LogP contribution in [-0.4, -0.2) is 50.9 Å². The number of carbonyl (C=O) groups is 1. The number of ether oxygens (including phenoxy) is 3. The zero-order valence-corrected chi connectivity index (χ0v) is 25.3. The van der Waals surface area contributed by atoms with Crippen LogP contribution in [0.25, 0.3) is 0 Å². The van der Waals surface area contributed by atoms with E-state index in [1.54, 1.807) is 14.0 Å². The monoisotopic (exact) mass is 534 g/mol. The highest BCUT2D eigenvalue weighted by molar-refractivity contribution is 6.74. The van der Waals surface area contributed by atoms with E-state index in [2.05, 4.69) is 47.4 Å². The lowest BCUT2D eigenvalue weighted by molar-refractivity contribution is -0.142. The molecule has 0 spiro atoms. The van der Waals surface area contributed by atoms with Crippen molar-refractivity contribution in [3.8, 4) is 5.75 Å². The molecule has 0 radical (unpaired) electrons. The topological polar surface area (TPSA) is 74.2 Å². The summed E-state index contributed by atoms with van der Waals surface area (Å²) >= 11 is 0. The molecule has 0 aliphatic carbocycles. The van der Waals surface area contributed by atoms with E-state index in [1.165, 1.54) is 0 Å². The van der Waals surface area contributed by atoms with Crippen molar-refractivity contribution < 1.29 is 28.5 Å². The first-order valence-electron chi connectivity index (χ1n) is 13.7. The van der Waals surface area contributed by atoms with Gasteiger partial charge in [0.15, 0.2) is 8.32 Å². The third-order valence-electron chi connectivity index (χ3n) is 8.04. The van der Waals surface area contributed by atoms with Crippen LogP contribution in [0.2, 0.25) is 18.1 Å². The van der Waals surface area contributed by atoms with Crippen LogP contribution in [0.1, 0.15) is 72.3 Å². The molecule has 1 saturated heterocycles. The smallest absolute Gasteiger partial charge is 0.306 e. The number of aliphatic carboxylic acids is 1. The van der Waals surface area contributed by atoms with Crippen LogP contribution in [0.3, 0.4) is 0 Å². The van der Waals surface area contributed by atoms with Crippen molar-refractivity contribution in [2.75, 3.05) is 7.11 Å². The van der Waals surface area contributed by atoms with Crippen molar-refractivity contribution >= 4 is 14.3 Å². The molecule has 37 heavy (non-hydrogen) atoms. The van der Waals surface area contributed by atoms with Gasteiger partial charge in [0.1, 0.15) is 5.75 Å². The molecule has 0 amide bonds. The number of methoxy groups -OCH3 is 1. The summed E-state index contributed by atoms with van der Waals surface area (Å²) in [5.41, 5.74) is 1.11. The summed E-state index contributed by atoms with van der Waals surface area (Å²) in [5.74, 6) is -0.242. The fourth-order valence-electron chi connectivity index (χ4n) is 4.65. The van der Waals surface area contributed by atoms with E-state index in [0.717, 1.165) is 37.0 Å². The summed E-state index contributed by atoms with van der Waals surface area (Å²) < 4.78 is 25.1. The average Bonchev–Trinajstić information content (AvgIpc) is 2.81. The molecule has 6 nitrogen and oxygen atoms in total. The summed E-state index contributed by atoms with van der Waals surface area (Å²) in [6.45, 7) is 19.6. The minimum Gasteiger partial charge on any atom is -0.497 e. The summed E-state index contributed by atoms with van der Waals surface area (Å²) in [6.07, 6.45) is 5.67. The molecule has 3 unspecified atom stereocenters. The molecule has 2 rings (SSSR count). The van der Waals surface area contributed by atoms with Crippen molar-refractivity contribution in [2.24, 2.45) is 11.8 Å². The number of rotatable bonds is 14. The van der Waals surface area contributed by atoms with Gasteiger partial charge in [-0.25, -0.2) is 0 Å². The molecule has 1 N–H and O–H groups in total. The van der Waals surface area contributed by atoms with Gasteiger partial charge in [-0.05, 0) is 67.4 Å². The van der Waals surface area contributed by atoms with Crippen molar-refractivity contribution in [1.29, 1.82) is 0 Å². The highest BCUT2D eigenvalue weighted by atomic mass is 28.4. The minimum atomic E-state index is -2.07. The maximum Gasteiger partial charge on any atom is 0.306 e. The Labute approximate surface area is 225 Å². The maximum atomic E-state index is 11.6. The van der Waals surface area contributed by atoms with E-state index >= 15 is 0 Å². The molecule has 0 aromatic heterocycles. The van der Waals surface area contributed by atoms with Crippen LogP contribution in [-0.2, 0) is 25.3 Å². The van der Waals surface area contributed by atoms with Gasteiger partial charge < -0.3 is 23.7 Å². The van der Waals surface area contributed by atoms with Gasteiger partial charge in [-0.1, -0.05) is 52.8 Å². The summed E-state index contributed by atoms with van der Waals surface area (Å²) in [7, 11) is -0.405. The van der Waals surface area contributed by atoms with E-state index < -0.39 is 20.2 Å². The second-order valence-corrected chi connectivity index (χ2v) is 17.0. The van der Waals surface area contributed by atoms with E-state index in [0.29, 0.717) is 13.0 Å². The molecular weight excluding hydrogens is 484 g/mol. The number of hydrogen-bond donors (Lipinski definition) is 1. The van der Waals surface area contributed by atoms with Gasteiger partial charge in [0.05, 0.1) is 44.1 Å². The average molecular weight is 535 g/mol. The van der Waals surface area contributed by atoms with Gasteiger partial charge in [-0.2, -0.15) is 0 Å². The molecule has 6 atom stereocenters. The van der Waals surface area contributed by atoms with E-state index in [9.17, 15) is 9.90 Å². The number of carboxylic acids is 1. The van der Waals surface area contributed by atoms with Crippen LogP contribution in [0.5, 0.6) is 5.75 Å². The van der Waals surface area contributed by atoms with Crippen LogP contribution in [0.15, 0.2) is 36.9 Å². The Morgan fingerprint density at radius 2 is 1.81 bits per heavy atom. The Kier molecular flexibility index (Phi) is 11.9. The van der Waals surface area contributed by atoms with E-state index in [4.69, 9.17) is 18.6 Å². The fraction of sp³-hybridized carbons (Fsp3) is 0.700. The maximum absolute atomic E-state index is 11.6. The second-order valence-electron chi connectivity index (χ2n) is 12.3. The van der Waals surface area contributed by atoms with Crippen molar-refractivity contribution in [1.82, 2.24) is 0 Å². The van der Waals surface area contributed by atoms with E-state index in [-0.39, 0.29) is 35.4 Å². The Bertz CT molecular complexity index is 847. The van der Waals surface area contributed by atoms with Crippen LogP contribution in [0, 0.1) is 11.8 Å². The lowest BCUT2D eigenvalue weighted by Gasteiger charge is -2.43. The zero-order valence-electron chi connectivity index (χ0n) is 24.3. The Morgan fingerprint density at radius 3 is 2.35 bits per heavy atom.